The molecule has 2 N–H and O–H groups in total. The number of anilines is 1. The summed E-state index contributed by atoms with van der Waals surface area (Å²) < 4.78 is 7.56. The fraction of sp³-hybridized carbons (Fsp3) is 0.375. The second kappa shape index (κ2) is 15.2. The van der Waals surface area contributed by atoms with Gasteiger partial charge in [0.2, 0.25) is 11.8 Å². The molecule has 0 aliphatic carbocycles. The predicted octanol–water partition coefficient (Wildman–Crippen LogP) is 0.992. The van der Waals surface area contributed by atoms with Gasteiger partial charge < -0.3 is 32.0 Å². The average molecular weight is 549 g/mol. The summed E-state index contributed by atoms with van der Waals surface area (Å²) in [5.74, 6) is -0.0701. The molecule has 34 heavy (non-hydrogen) atoms. The molecular weight excluding hydrogens is 518 g/mol. The van der Waals surface area contributed by atoms with E-state index >= 15 is 0 Å². The first-order valence-electron chi connectivity index (χ1n) is 11.1. The van der Waals surface area contributed by atoms with Crippen LogP contribution in [0, 0.1) is 0 Å². The van der Waals surface area contributed by atoms with Crippen LogP contribution in [-0.4, -0.2) is 28.3 Å². The Kier molecular flexibility index (Phi) is 12.3. The number of unbranched alkanes of at least 4 members (excludes halogenated alkanes) is 4. The minimum atomic E-state index is -0.314. The standard InChI is InChI=1S/C24H29N5O3S.BrH/c1-33-24-28-27-22(32-24)18-25-23(31)19-12-7-8-13-20(19)26-21(30)14-6-3-2-4-9-15-29-16-10-5-11-17-29;/h5,7-8,10-13,16-17H,2-4,6,9,14-15,18H2,1H3,(H-,25,26,30,31);1H. The number of carbonyl (C=O) groups excluding carboxylic acids is 2. The first kappa shape index (κ1) is 27.5. The Morgan fingerprint density at radius 3 is 2.47 bits per heavy atom. The lowest BCUT2D eigenvalue weighted by Gasteiger charge is -2.11. The average Bonchev–Trinajstić information content (AvgIpc) is 3.31. The van der Waals surface area contributed by atoms with E-state index in [2.05, 4.69) is 37.8 Å². The second-order valence-electron chi connectivity index (χ2n) is 7.57. The van der Waals surface area contributed by atoms with E-state index in [0.717, 1.165) is 38.6 Å². The monoisotopic (exact) mass is 547 g/mol. The minimum Gasteiger partial charge on any atom is -1.00 e. The highest BCUT2D eigenvalue weighted by atomic mass is 79.9. The Bertz CT molecular complexity index is 1030. The molecule has 0 aliphatic heterocycles. The maximum Gasteiger partial charge on any atom is 0.276 e. The van der Waals surface area contributed by atoms with Gasteiger partial charge in [0.25, 0.3) is 11.1 Å². The van der Waals surface area contributed by atoms with Gasteiger partial charge in [0, 0.05) is 25.0 Å². The molecule has 182 valence electrons. The second-order valence-corrected chi connectivity index (χ2v) is 8.33. The summed E-state index contributed by atoms with van der Waals surface area (Å²) in [7, 11) is 0. The van der Waals surface area contributed by atoms with Crippen LogP contribution in [0.5, 0.6) is 0 Å². The molecular formula is C24H30BrN5O3S. The van der Waals surface area contributed by atoms with Crippen molar-refractivity contribution < 1.29 is 35.6 Å². The molecule has 0 atom stereocenters. The van der Waals surface area contributed by atoms with E-state index in [9.17, 15) is 9.59 Å². The summed E-state index contributed by atoms with van der Waals surface area (Å²) in [4.78, 5) is 25.0. The van der Waals surface area contributed by atoms with Gasteiger partial charge in [0.1, 0.15) is 6.54 Å². The summed E-state index contributed by atoms with van der Waals surface area (Å²) in [6.45, 7) is 1.14. The zero-order chi connectivity index (χ0) is 23.3. The number of thioether (sulfide) groups is 1. The number of rotatable bonds is 13. The molecule has 8 nitrogen and oxygen atoms in total. The number of aromatic nitrogens is 3. The van der Waals surface area contributed by atoms with E-state index in [1.807, 2.05) is 24.5 Å². The number of halogens is 1. The predicted molar refractivity (Wildman–Crippen MR) is 127 cm³/mol. The zero-order valence-corrected chi connectivity index (χ0v) is 21.6. The lowest BCUT2D eigenvalue weighted by Crippen LogP contribution is -3.00. The molecule has 0 fully saturated rings. The SMILES string of the molecule is CSc1nnc(CNC(=O)c2ccccc2NC(=O)CCCCCCC[n+]2ccccc2)o1.[Br-]. The number of nitrogens with one attached hydrogen (secondary N) is 2. The number of carbonyl (C=O) groups is 2. The highest BCUT2D eigenvalue weighted by Crippen LogP contribution is 2.17. The van der Waals surface area contributed by atoms with Crippen molar-refractivity contribution in [2.75, 3.05) is 11.6 Å². The summed E-state index contributed by atoms with van der Waals surface area (Å²) in [6, 6.07) is 13.1. The smallest absolute Gasteiger partial charge is 0.276 e. The molecule has 0 spiro atoms. The zero-order valence-electron chi connectivity index (χ0n) is 19.2. The Labute approximate surface area is 214 Å². The van der Waals surface area contributed by atoms with E-state index in [0.29, 0.717) is 28.8 Å². The van der Waals surface area contributed by atoms with E-state index in [-0.39, 0.29) is 35.3 Å². The third-order valence-corrected chi connectivity index (χ3v) is 5.58. The van der Waals surface area contributed by atoms with Crippen LogP contribution in [0.3, 0.4) is 0 Å². The van der Waals surface area contributed by atoms with Gasteiger partial charge in [-0.25, -0.2) is 4.57 Å². The van der Waals surface area contributed by atoms with Gasteiger partial charge in [-0.05, 0) is 31.2 Å². The Morgan fingerprint density at radius 2 is 1.71 bits per heavy atom. The quantitative estimate of drug-likeness (QED) is 0.188. The Hall–Kier alpha value is -2.72. The molecule has 2 aromatic heterocycles. The van der Waals surface area contributed by atoms with Crippen LogP contribution < -0.4 is 32.2 Å². The maximum absolute atomic E-state index is 12.6. The Balaban J connectivity index is 0.00000408. The highest BCUT2D eigenvalue weighted by molar-refractivity contribution is 7.98. The number of aryl methyl sites for hydroxylation is 1. The molecule has 0 bridgehead atoms. The largest absolute Gasteiger partial charge is 1.00 e. The highest BCUT2D eigenvalue weighted by Gasteiger charge is 2.14. The van der Waals surface area contributed by atoms with Crippen LogP contribution in [0.4, 0.5) is 5.69 Å². The number of pyridine rings is 1. The van der Waals surface area contributed by atoms with Gasteiger partial charge in [-0.3, -0.25) is 9.59 Å². The molecule has 10 heteroatoms. The summed E-state index contributed by atoms with van der Waals surface area (Å²) in [5, 5.41) is 13.8. The van der Waals surface area contributed by atoms with Crippen LogP contribution in [0.1, 0.15) is 54.8 Å². The summed E-state index contributed by atoms with van der Waals surface area (Å²) in [5.41, 5.74) is 0.893. The molecule has 1 aromatic carbocycles. The van der Waals surface area contributed by atoms with Crippen LogP contribution in [-0.2, 0) is 17.9 Å². The van der Waals surface area contributed by atoms with Gasteiger partial charge in [0.15, 0.2) is 12.4 Å². The topological polar surface area (TPSA) is 101 Å². The van der Waals surface area contributed by atoms with Crippen LogP contribution in [0.2, 0.25) is 0 Å². The van der Waals surface area contributed by atoms with Gasteiger partial charge >= 0.3 is 0 Å². The fourth-order valence-electron chi connectivity index (χ4n) is 3.34. The van der Waals surface area contributed by atoms with Crippen LogP contribution in [0.15, 0.2) is 64.5 Å². The van der Waals surface area contributed by atoms with Gasteiger partial charge in [-0.15, -0.1) is 10.2 Å². The van der Waals surface area contributed by atoms with Crippen molar-refractivity contribution in [3.63, 3.8) is 0 Å². The van der Waals surface area contributed by atoms with E-state index in [1.54, 1.807) is 24.3 Å². The summed E-state index contributed by atoms with van der Waals surface area (Å²) >= 11 is 1.34. The maximum atomic E-state index is 12.6. The number of nitrogens with zero attached hydrogens (tertiary/aromatic N) is 3. The molecule has 0 unspecified atom stereocenters. The number of amides is 2. The van der Waals surface area contributed by atoms with Crippen molar-refractivity contribution in [3.05, 3.63) is 66.3 Å². The summed E-state index contributed by atoms with van der Waals surface area (Å²) in [6.07, 6.45) is 11.6. The van der Waals surface area contributed by atoms with Gasteiger partial charge in [0.05, 0.1) is 17.8 Å². The van der Waals surface area contributed by atoms with Crippen LogP contribution >= 0.6 is 11.8 Å². The molecule has 3 rings (SSSR count). The van der Waals surface area contributed by atoms with E-state index in [1.165, 1.54) is 11.8 Å². The van der Waals surface area contributed by atoms with E-state index < -0.39 is 0 Å². The lowest BCUT2D eigenvalue weighted by molar-refractivity contribution is -0.697. The van der Waals surface area contributed by atoms with Crippen molar-refractivity contribution >= 4 is 29.3 Å². The first-order valence-corrected chi connectivity index (χ1v) is 12.4. The number of hydrogen-bond donors (Lipinski definition) is 2. The van der Waals surface area contributed by atoms with Crippen molar-refractivity contribution in [2.45, 2.75) is 56.8 Å². The number of benzene rings is 1. The molecule has 0 saturated carbocycles. The first-order chi connectivity index (χ1) is 16.2. The fourth-order valence-corrected chi connectivity index (χ4v) is 3.64. The van der Waals surface area contributed by atoms with Crippen LogP contribution in [0.25, 0.3) is 0 Å². The third kappa shape index (κ3) is 9.26. The molecule has 2 heterocycles. The molecule has 3 aromatic rings. The molecule has 2 amide bonds. The molecule has 0 radical (unpaired) electrons. The third-order valence-electron chi connectivity index (χ3n) is 5.07. The van der Waals surface area contributed by atoms with Gasteiger partial charge in [-0.2, -0.15) is 0 Å². The van der Waals surface area contributed by atoms with Crippen molar-refractivity contribution in [2.24, 2.45) is 0 Å². The normalized spacial score (nSPS) is 10.4. The number of para-hydroxylation sites is 1. The Morgan fingerprint density at radius 1 is 0.971 bits per heavy atom. The van der Waals surface area contributed by atoms with E-state index in [4.69, 9.17) is 4.42 Å². The number of hydrogen-bond acceptors (Lipinski definition) is 6. The molecule has 0 saturated heterocycles. The van der Waals surface area contributed by atoms with Crippen molar-refractivity contribution in [3.8, 4) is 0 Å². The van der Waals surface area contributed by atoms with Crippen molar-refractivity contribution in [1.29, 1.82) is 0 Å². The lowest BCUT2D eigenvalue weighted by atomic mass is 10.1. The minimum absolute atomic E-state index is 0. The van der Waals surface area contributed by atoms with Gasteiger partial charge in [-0.1, -0.05) is 42.8 Å². The van der Waals surface area contributed by atoms with Crippen molar-refractivity contribution in [1.82, 2.24) is 15.5 Å². The molecule has 0 aliphatic rings.